The van der Waals surface area contributed by atoms with Crippen molar-refractivity contribution in [2.75, 3.05) is 13.2 Å². The van der Waals surface area contributed by atoms with Crippen molar-refractivity contribution in [2.45, 2.75) is 19.1 Å². The van der Waals surface area contributed by atoms with Gasteiger partial charge < -0.3 is 4.74 Å². The summed E-state index contributed by atoms with van der Waals surface area (Å²) in [4.78, 5) is 11.8. The van der Waals surface area contributed by atoms with Crippen LogP contribution in [0.5, 0.6) is 0 Å². The van der Waals surface area contributed by atoms with Gasteiger partial charge in [-0.25, -0.2) is 4.79 Å². The van der Waals surface area contributed by atoms with Gasteiger partial charge in [-0.05, 0) is 13.0 Å². The van der Waals surface area contributed by atoms with E-state index in [1.165, 1.54) is 18.2 Å². The number of nitrogens with one attached hydrogen (secondary N) is 1. The van der Waals surface area contributed by atoms with Crippen molar-refractivity contribution >= 4 is 29.2 Å². The average molecular weight is 330 g/mol. The van der Waals surface area contributed by atoms with Crippen LogP contribution in [0, 0.1) is 0 Å². The van der Waals surface area contributed by atoms with Gasteiger partial charge in [-0.3, -0.25) is 5.32 Å². The molecule has 0 heterocycles. The zero-order valence-electron chi connectivity index (χ0n) is 10.4. The van der Waals surface area contributed by atoms with Crippen LogP contribution in [0.4, 0.5) is 13.2 Å². The van der Waals surface area contributed by atoms with E-state index in [2.05, 4.69) is 5.32 Å². The number of hydrogen-bond acceptors (Lipinski definition) is 3. The molecule has 1 N–H and O–H groups in total. The fourth-order valence-corrected chi connectivity index (χ4v) is 1.92. The van der Waals surface area contributed by atoms with Crippen molar-refractivity contribution in [2.24, 2.45) is 0 Å². The number of hydrogen-bond donors (Lipinski definition) is 1. The molecule has 0 saturated carbocycles. The van der Waals surface area contributed by atoms with Gasteiger partial charge in [0.15, 0.2) is 0 Å². The molecule has 0 fully saturated rings. The van der Waals surface area contributed by atoms with E-state index in [0.717, 1.165) is 0 Å². The minimum absolute atomic E-state index is 0.0156. The topological polar surface area (TPSA) is 38.3 Å². The van der Waals surface area contributed by atoms with Crippen LogP contribution in [-0.2, 0) is 9.53 Å². The van der Waals surface area contributed by atoms with Gasteiger partial charge in [0, 0.05) is 5.56 Å². The molecule has 0 aliphatic carbocycles. The van der Waals surface area contributed by atoms with Crippen LogP contribution in [0.3, 0.4) is 0 Å². The number of halogens is 5. The smallest absolute Gasteiger partial charge is 0.401 e. The first kappa shape index (κ1) is 17.1. The van der Waals surface area contributed by atoms with Crippen molar-refractivity contribution in [3.8, 4) is 0 Å². The van der Waals surface area contributed by atoms with E-state index in [-0.39, 0.29) is 22.2 Å². The maximum absolute atomic E-state index is 12.3. The van der Waals surface area contributed by atoms with E-state index in [0.29, 0.717) is 0 Å². The Morgan fingerprint density at radius 3 is 2.60 bits per heavy atom. The molecule has 0 bridgehead atoms. The number of benzene rings is 1. The third kappa shape index (κ3) is 4.85. The molecule has 0 aliphatic rings. The van der Waals surface area contributed by atoms with Gasteiger partial charge in [0.2, 0.25) is 0 Å². The van der Waals surface area contributed by atoms with E-state index in [4.69, 9.17) is 27.9 Å². The summed E-state index contributed by atoms with van der Waals surface area (Å²) < 4.78 is 41.6. The van der Waals surface area contributed by atoms with Gasteiger partial charge in [-0.2, -0.15) is 13.2 Å². The number of ether oxygens (including phenoxy) is 1. The van der Waals surface area contributed by atoms with Crippen molar-refractivity contribution in [1.29, 1.82) is 0 Å². The Labute approximate surface area is 124 Å². The quantitative estimate of drug-likeness (QED) is 0.836. The van der Waals surface area contributed by atoms with Crippen LogP contribution in [0.1, 0.15) is 18.5 Å². The Morgan fingerprint density at radius 2 is 2.05 bits per heavy atom. The SMILES string of the molecule is CCOC(=O)C(NCC(F)(F)F)c1cccc(Cl)c1Cl. The number of carbonyl (C=O) groups is 1. The first-order valence-electron chi connectivity index (χ1n) is 5.67. The lowest BCUT2D eigenvalue weighted by atomic mass is 10.1. The van der Waals surface area contributed by atoms with Crippen molar-refractivity contribution in [3.63, 3.8) is 0 Å². The summed E-state index contributed by atoms with van der Waals surface area (Å²) in [6.45, 7) is 0.249. The fourth-order valence-electron chi connectivity index (χ4n) is 1.51. The highest BCUT2D eigenvalue weighted by Crippen LogP contribution is 2.31. The van der Waals surface area contributed by atoms with Crippen molar-refractivity contribution in [1.82, 2.24) is 5.32 Å². The largest absolute Gasteiger partial charge is 0.465 e. The highest BCUT2D eigenvalue weighted by Gasteiger charge is 2.32. The molecule has 112 valence electrons. The zero-order valence-corrected chi connectivity index (χ0v) is 11.9. The van der Waals surface area contributed by atoms with Crippen LogP contribution < -0.4 is 5.32 Å². The van der Waals surface area contributed by atoms with Gasteiger partial charge in [-0.1, -0.05) is 35.3 Å². The minimum atomic E-state index is -4.46. The fraction of sp³-hybridized carbons (Fsp3) is 0.417. The summed E-state index contributed by atoms with van der Waals surface area (Å²) in [5.41, 5.74) is 0.141. The number of esters is 1. The second-order valence-corrected chi connectivity index (χ2v) is 4.61. The predicted molar refractivity (Wildman–Crippen MR) is 69.9 cm³/mol. The summed E-state index contributed by atoms with van der Waals surface area (Å²) in [5, 5.41) is 2.25. The molecule has 1 aromatic carbocycles. The standard InChI is InChI=1S/C12H12Cl2F3NO2/c1-2-20-11(19)10(18-6-12(15,16)17)7-4-3-5-8(13)9(7)14/h3-5,10,18H,2,6H2,1H3. The van der Waals surface area contributed by atoms with Gasteiger partial charge in [0.05, 0.1) is 23.2 Å². The molecule has 0 aromatic heterocycles. The first-order chi connectivity index (χ1) is 9.26. The average Bonchev–Trinajstić information content (AvgIpc) is 2.33. The maximum atomic E-state index is 12.3. The monoisotopic (exact) mass is 329 g/mol. The molecule has 20 heavy (non-hydrogen) atoms. The Bertz CT molecular complexity index is 480. The van der Waals surface area contributed by atoms with Gasteiger partial charge in [-0.15, -0.1) is 0 Å². The van der Waals surface area contributed by atoms with Crippen LogP contribution in [-0.4, -0.2) is 25.3 Å². The predicted octanol–water partition coefficient (Wildman–Crippen LogP) is 3.75. The molecule has 0 radical (unpaired) electrons. The van der Waals surface area contributed by atoms with Gasteiger partial charge in [0.25, 0.3) is 0 Å². The Hall–Kier alpha value is -0.980. The van der Waals surface area contributed by atoms with E-state index in [1.54, 1.807) is 6.92 Å². The lowest BCUT2D eigenvalue weighted by molar-refractivity contribution is -0.149. The van der Waals surface area contributed by atoms with Crippen molar-refractivity contribution in [3.05, 3.63) is 33.8 Å². The third-order valence-corrected chi connectivity index (χ3v) is 3.15. The second-order valence-electron chi connectivity index (χ2n) is 3.82. The first-order valence-corrected chi connectivity index (χ1v) is 6.42. The summed E-state index contributed by atoms with van der Waals surface area (Å²) in [5.74, 6) is -0.846. The van der Waals surface area contributed by atoms with E-state index >= 15 is 0 Å². The molecular weight excluding hydrogens is 318 g/mol. The van der Waals surface area contributed by atoms with Crippen LogP contribution in [0.25, 0.3) is 0 Å². The number of carbonyl (C=O) groups excluding carboxylic acids is 1. The molecule has 3 nitrogen and oxygen atoms in total. The molecule has 1 rings (SSSR count). The van der Waals surface area contributed by atoms with E-state index in [1.807, 2.05) is 0 Å². The maximum Gasteiger partial charge on any atom is 0.401 e. The molecule has 1 aromatic rings. The highest BCUT2D eigenvalue weighted by molar-refractivity contribution is 6.42. The third-order valence-electron chi connectivity index (χ3n) is 2.32. The molecule has 1 unspecified atom stereocenters. The normalized spacial score (nSPS) is 13.1. The molecule has 8 heteroatoms. The summed E-state index contributed by atoms with van der Waals surface area (Å²) in [6.07, 6.45) is -4.46. The molecule has 0 aliphatic heterocycles. The number of alkyl halides is 3. The summed E-state index contributed by atoms with van der Waals surface area (Å²) in [6, 6.07) is 3.05. The second kappa shape index (κ2) is 7.15. The Balaban J connectivity index is 3.03. The summed E-state index contributed by atoms with van der Waals surface area (Å²) in [7, 11) is 0. The Morgan fingerprint density at radius 1 is 1.40 bits per heavy atom. The van der Waals surface area contributed by atoms with Gasteiger partial charge >= 0.3 is 12.1 Å². The lowest BCUT2D eigenvalue weighted by Gasteiger charge is -2.20. The van der Waals surface area contributed by atoms with Crippen LogP contribution in [0.15, 0.2) is 18.2 Å². The molecule has 0 amide bonds. The molecular formula is C12H12Cl2F3NO2. The van der Waals surface area contributed by atoms with Gasteiger partial charge in [0.1, 0.15) is 6.04 Å². The molecule has 0 saturated heterocycles. The molecule has 1 atom stereocenters. The zero-order chi connectivity index (χ0) is 15.3. The molecule has 0 spiro atoms. The lowest BCUT2D eigenvalue weighted by Crippen LogP contribution is -2.37. The van der Waals surface area contributed by atoms with Crippen LogP contribution >= 0.6 is 23.2 Å². The summed E-state index contributed by atoms with van der Waals surface area (Å²) >= 11 is 11.7. The minimum Gasteiger partial charge on any atom is -0.465 e. The highest BCUT2D eigenvalue weighted by atomic mass is 35.5. The van der Waals surface area contributed by atoms with E-state index in [9.17, 15) is 18.0 Å². The Kier molecular flexibility index (Phi) is 6.10. The number of rotatable bonds is 5. The van der Waals surface area contributed by atoms with Crippen molar-refractivity contribution < 1.29 is 22.7 Å². The van der Waals surface area contributed by atoms with E-state index < -0.39 is 24.7 Å². The van der Waals surface area contributed by atoms with Crippen LogP contribution in [0.2, 0.25) is 10.0 Å².